The van der Waals surface area contributed by atoms with Crippen LogP contribution in [0.5, 0.6) is 0 Å². The summed E-state index contributed by atoms with van der Waals surface area (Å²) >= 11 is 0. The van der Waals surface area contributed by atoms with Crippen LogP contribution in [0.3, 0.4) is 0 Å². The molecule has 3 heteroatoms. The Morgan fingerprint density at radius 3 is 2.53 bits per heavy atom. The fourth-order valence-corrected chi connectivity index (χ4v) is 2.83. The van der Waals surface area contributed by atoms with E-state index in [1.807, 2.05) is 0 Å². The van der Waals surface area contributed by atoms with E-state index in [0.29, 0.717) is 12.0 Å². The molecule has 1 N–H and O–H groups in total. The smallest absolute Gasteiger partial charge is 0.217 e. The van der Waals surface area contributed by atoms with Crippen molar-refractivity contribution in [2.24, 2.45) is 5.92 Å². The third kappa shape index (κ3) is 2.17. The molecule has 1 aliphatic heterocycles. The third-order valence-electron chi connectivity index (χ3n) is 3.95. The number of rotatable bonds is 3. The quantitative estimate of drug-likeness (QED) is 0.763. The Kier molecular flexibility index (Phi) is 2.75. The van der Waals surface area contributed by atoms with E-state index in [1.54, 1.807) is 6.92 Å². The Morgan fingerprint density at radius 2 is 2.13 bits per heavy atom. The molecule has 1 atom stereocenters. The van der Waals surface area contributed by atoms with Crippen molar-refractivity contribution in [1.82, 2.24) is 10.2 Å². The van der Waals surface area contributed by atoms with Crippen LogP contribution in [0.4, 0.5) is 0 Å². The zero-order valence-corrected chi connectivity index (χ0v) is 10.0. The van der Waals surface area contributed by atoms with Gasteiger partial charge in [-0.25, -0.2) is 0 Å². The van der Waals surface area contributed by atoms with E-state index in [1.165, 1.54) is 25.8 Å². The standard InChI is InChI=1S/C12H22N2O/c1-9(2)14-7-4-11(8-14)12(5-6-12)13-10(3)15/h9,11H,4-8H2,1-3H3,(H,13,15). The first-order chi connectivity index (χ1) is 7.03. The Labute approximate surface area is 92.2 Å². The molecule has 0 aromatic heterocycles. The highest BCUT2D eigenvalue weighted by molar-refractivity contribution is 5.74. The number of hydrogen-bond acceptors (Lipinski definition) is 2. The van der Waals surface area contributed by atoms with E-state index >= 15 is 0 Å². The molecule has 15 heavy (non-hydrogen) atoms. The van der Waals surface area contributed by atoms with Crippen LogP contribution in [-0.2, 0) is 4.79 Å². The molecule has 0 aromatic carbocycles. The molecule has 2 fully saturated rings. The number of carbonyl (C=O) groups is 1. The van der Waals surface area contributed by atoms with E-state index < -0.39 is 0 Å². The van der Waals surface area contributed by atoms with Crippen molar-refractivity contribution in [3.8, 4) is 0 Å². The average Bonchev–Trinajstić information content (AvgIpc) is 2.75. The number of likely N-dealkylation sites (tertiary alicyclic amines) is 1. The van der Waals surface area contributed by atoms with Gasteiger partial charge in [0.05, 0.1) is 0 Å². The molecule has 2 rings (SSSR count). The van der Waals surface area contributed by atoms with Crippen LogP contribution in [0.15, 0.2) is 0 Å². The topological polar surface area (TPSA) is 32.3 Å². The normalized spacial score (nSPS) is 29.5. The minimum atomic E-state index is 0.135. The lowest BCUT2D eigenvalue weighted by atomic mass is 9.96. The second-order valence-electron chi connectivity index (χ2n) is 5.41. The summed E-state index contributed by atoms with van der Waals surface area (Å²) in [5.74, 6) is 0.819. The van der Waals surface area contributed by atoms with E-state index in [4.69, 9.17) is 0 Å². The molecule has 1 heterocycles. The summed E-state index contributed by atoms with van der Waals surface area (Å²) in [4.78, 5) is 13.7. The maximum Gasteiger partial charge on any atom is 0.217 e. The second kappa shape index (κ2) is 3.78. The van der Waals surface area contributed by atoms with Crippen molar-refractivity contribution < 1.29 is 4.79 Å². The van der Waals surface area contributed by atoms with Gasteiger partial charge in [0.1, 0.15) is 0 Å². The first kappa shape index (κ1) is 10.9. The Balaban J connectivity index is 1.93. The highest BCUT2D eigenvalue weighted by Gasteiger charge is 2.51. The number of carbonyl (C=O) groups excluding carboxylic acids is 1. The highest BCUT2D eigenvalue weighted by atomic mass is 16.1. The van der Waals surface area contributed by atoms with Crippen molar-refractivity contribution in [3.05, 3.63) is 0 Å². The van der Waals surface area contributed by atoms with Crippen molar-refractivity contribution >= 4 is 5.91 Å². The van der Waals surface area contributed by atoms with E-state index in [2.05, 4.69) is 24.1 Å². The molecular formula is C12H22N2O. The van der Waals surface area contributed by atoms with Crippen LogP contribution in [0.1, 0.15) is 40.0 Å². The highest BCUT2D eigenvalue weighted by Crippen LogP contribution is 2.46. The number of nitrogens with zero attached hydrogens (tertiary/aromatic N) is 1. The molecule has 0 radical (unpaired) electrons. The molecular weight excluding hydrogens is 188 g/mol. The van der Waals surface area contributed by atoms with E-state index in [9.17, 15) is 4.79 Å². The summed E-state index contributed by atoms with van der Waals surface area (Å²) in [6.07, 6.45) is 3.62. The van der Waals surface area contributed by atoms with Gasteiger partial charge < -0.3 is 10.2 Å². The fraction of sp³-hybridized carbons (Fsp3) is 0.917. The van der Waals surface area contributed by atoms with Crippen molar-refractivity contribution in [2.45, 2.75) is 51.6 Å². The van der Waals surface area contributed by atoms with Gasteiger partial charge in [0, 0.05) is 25.0 Å². The van der Waals surface area contributed by atoms with Gasteiger partial charge in [0.2, 0.25) is 5.91 Å². The fourth-order valence-electron chi connectivity index (χ4n) is 2.83. The van der Waals surface area contributed by atoms with Crippen LogP contribution in [0.2, 0.25) is 0 Å². The predicted molar refractivity (Wildman–Crippen MR) is 60.6 cm³/mol. The summed E-state index contributed by atoms with van der Waals surface area (Å²) in [5.41, 5.74) is 0.176. The van der Waals surface area contributed by atoms with E-state index in [0.717, 1.165) is 6.54 Å². The van der Waals surface area contributed by atoms with Crippen LogP contribution >= 0.6 is 0 Å². The maximum atomic E-state index is 11.1. The molecule has 86 valence electrons. The van der Waals surface area contributed by atoms with Gasteiger partial charge in [-0.05, 0) is 45.6 Å². The van der Waals surface area contributed by atoms with Crippen molar-refractivity contribution in [2.75, 3.05) is 13.1 Å². The van der Waals surface area contributed by atoms with Gasteiger partial charge in [-0.15, -0.1) is 0 Å². The van der Waals surface area contributed by atoms with Gasteiger partial charge >= 0.3 is 0 Å². The summed E-state index contributed by atoms with van der Waals surface area (Å²) in [7, 11) is 0. The number of nitrogens with one attached hydrogen (secondary N) is 1. The van der Waals surface area contributed by atoms with Crippen LogP contribution in [0.25, 0.3) is 0 Å². The predicted octanol–water partition coefficient (Wildman–Crippen LogP) is 1.39. The molecule has 0 spiro atoms. The first-order valence-corrected chi connectivity index (χ1v) is 6.06. The van der Waals surface area contributed by atoms with Gasteiger partial charge in [0.15, 0.2) is 0 Å². The SMILES string of the molecule is CC(=O)NC1(C2CCN(C(C)C)C2)CC1. The molecule has 1 amide bonds. The Morgan fingerprint density at radius 1 is 1.47 bits per heavy atom. The summed E-state index contributed by atoms with van der Waals surface area (Å²) < 4.78 is 0. The van der Waals surface area contributed by atoms with Crippen LogP contribution in [0, 0.1) is 5.92 Å². The monoisotopic (exact) mass is 210 g/mol. The van der Waals surface area contributed by atoms with Gasteiger partial charge in [-0.3, -0.25) is 4.79 Å². The minimum Gasteiger partial charge on any atom is -0.351 e. The molecule has 1 saturated heterocycles. The minimum absolute atomic E-state index is 0.135. The summed E-state index contributed by atoms with van der Waals surface area (Å²) in [5, 5.41) is 3.17. The molecule has 1 unspecified atom stereocenters. The molecule has 0 aromatic rings. The van der Waals surface area contributed by atoms with Crippen LogP contribution < -0.4 is 5.32 Å². The molecule has 0 bridgehead atoms. The Hall–Kier alpha value is -0.570. The lowest BCUT2D eigenvalue weighted by Gasteiger charge is -2.25. The lowest BCUT2D eigenvalue weighted by Crippen LogP contribution is -2.43. The number of hydrogen-bond donors (Lipinski definition) is 1. The van der Waals surface area contributed by atoms with E-state index in [-0.39, 0.29) is 11.4 Å². The Bertz CT molecular complexity index is 258. The first-order valence-electron chi connectivity index (χ1n) is 6.06. The van der Waals surface area contributed by atoms with Crippen LogP contribution in [-0.4, -0.2) is 35.5 Å². The zero-order chi connectivity index (χ0) is 11.1. The van der Waals surface area contributed by atoms with Gasteiger partial charge in [-0.2, -0.15) is 0 Å². The molecule has 1 aliphatic carbocycles. The number of amides is 1. The summed E-state index contributed by atoms with van der Waals surface area (Å²) in [6.45, 7) is 8.50. The largest absolute Gasteiger partial charge is 0.351 e. The average molecular weight is 210 g/mol. The molecule has 1 saturated carbocycles. The lowest BCUT2D eigenvalue weighted by molar-refractivity contribution is -0.120. The second-order valence-corrected chi connectivity index (χ2v) is 5.41. The molecule has 3 nitrogen and oxygen atoms in total. The maximum absolute atomic E-state index is 11.1. The van der Waals surface area contributed by atoms with Crippen molar-refractivity contribution in [1.29, 1.82) is 0 Å². The van der Waals surface area contributed by atoms with Gasteiger partial charge in [0.25, 0.3) is 0 Å². The van der Waals surface area contributed by atoms with Crippen molar-refractivity contribution in [3.63, 3.8) is 0 Å². The zero-order valence-electron chi connectivity index (χ0n) is 10.0. The molecule has 2 aliphatic rings. The van der Waals surface area contributed by atoms with Gasteiger partial charge in [-0.1, -0.05) is 0 Å². The summed E-state index contributed by atoms with van der Waals surface area (Å²) in [6, 6.07) is 0.642. The third-order valence-corrected chi connectivity index (χ3v) is 3.95.